The third-order valence-corrected chi connectivity index (χ3v) is 7.76. The number of para-hydroxylation sites is 2. The summed E-state index contributed by atoms with van der Waals surface area (Å²) in [5, 5.41) is 3.43. The number of amides is 2. The predicted octanol–water partition coefficient (Wildman–Crippen LogP) is 4.31. The van der Waals surface area contributed by atoms with Crippen molar-refractivity contribution in [1.82, 2.24) is 4.90 Å². The van der Waals surface area contributed by atoms with Crippen molar-refractivity contribution in [2.75, 3.05) is 29.9 Å². The van der Waals surface area contributed by atoms with E-state index in [-0.39, 0.29) is 47.5 Å². The SMILES string of the molecule is CC1(C)CC(=O)C2=C(C1)Nc1ccccc1N(CC(=O)N1CCC(C(N)=O)CC1)C2c1cc(F)cc(F)c1. The molecule has 2 aromatic carbocycles. The Morgan fingerprint density at radius 2 is 1.71 bits per heavy atom. The Bertz CT molecular complexity index is 1310. The van der Waals surface area contributed by atoms with Crippen LogP contribution in [0.25, 0.3) is 0 Å². The average molecular weight is 523 g/mol. The fourth-order valence-corrected chi connectivity index (χ4v) is 5.97. The molecule has 7 nitrogen and oxygen atoms in total. The molecule has 9 heteroatoms. The van der Waals surface area contributed by atoms with Crippen molar-refractivity contribution in [1.29, 1.82) is 0 Å². The molecule has 0 spiro atoms. The molecule has 1 saturated heterocycles. The zero-order valence-corrected chi connectivity index (χ0v) is 21.6. The van der Waals surface area contributed by atoms with E-state index in [0.717, 1.165) is 6.07 Å². The normalized spacial score (nSPS) is 21.4. The zero-order valence-electron chi connectivity index (χ0n) is 21.6. The summed E-state index contributed by atoms with van der Waals surface area (Å²) < 4.78 is 29.0. The summed E-state index contributed by atoms with van der Waals surface area (Å²) in [7, 11) is 0. The number of halogens is 2. The van der Waals surface area contributed by atoms with Gasteiger partial charge in [-0.05, 0) is 54.5 Å². The number of carbonyl (C=O) groups is 3. The lowest BCUT2D eigenvalue weighted by atomic mass is 9.73. The standard InChI is InChI=1S/C29H32F2N4O3/c1-29(2)14-22-26(24(36)15-29)27(18-11-19(30)13-20(31)12-18)35(23-6-4-3-5-21(23)33-22)16-25(37)34-9-7-17(8-10-34)28(32)38/h3-6,11-13,17,27,33H,7-10,14-16H2,1-2H3,(H2,32,38). The van der Waals surface area contributed by atoms with E-state index in [9.17, 15) is 23.2 Å². The Balaban J connectivity index is 1.61. The molecule has 3 N–H and O–H groups in total. The van der Waals surface area contributed by atoms with Crippen LogP contribution in [0.5, 0.6) is 0 Å². The molecule has 1 unspecified atom stereocenters. The predicted molar refractivity (Wildman–Crippen MR) is 140 cm³/mol. The van der Waals surface area contributed by atoms with Gasteiger partial charge in [0.25, 0.3) is 0 Å². The molecule has 0 saturated carbocycles. The van der Waals surface area contributed by atoms with Gasteiger partial charge in [-0.15, -0.1) is 0 Å². The van der Waals surface area contributed by atoms with Gasteiger partial charge in [0.1, 0.15) is 11.6 Å². The smallest absolute Gasteiger partial charge is 0.242 e. The summed E-state index contributed by atoms with van der Waals surface area (Å²) in [6, 6.07) is 9.79. The summed E-state index contributed by atoms with van der Waals surface area (Å²) in [4.78, 5) is 42.4. The van der Waals surface area contributed by atoms with Gasteiger partial charge in [0.15, 0.2) is 5.78 Å². The highest BCUT2D eigenvalue weighted by Crippen LogP contribution is 2.48. The summed E-state index contributed by atoms with van der Waals surface area (Å²) in [5.74, 6) is -2.45. The lowest BCUT2D eigenvalue weighted by Gasteiger charge is -2.39. The number of nitrogens with zero attached hydrogens (tertiary/aromatic N) is 2. The molecule has 0 radical (unpaired) electrons. The maximum atomic E-state index is 14.5. The average Bonchev–Trinajstić information content (AvgIpc) is 2.97. The second-order valence-electron chi connectivity index (χ2n) is 11.3. The van der Waals surface area contributed by atoms with Gasteiger partial charge in [0.05, 0.1) is 24.0 Å². The first-order chi connectivity index (χ1) is 18.0. The number of hydrogen-bond donors (Lipinski definition) is 2. The Morgan fingerprint density at radius 3 is 2.37 bits per heavy atom. The number of piperidine rings is 1. The van der Waals surface area contributed by atoms with Crippen LogP contribution in [0, 0.1) is 23.0 Å². The van der Waals surface area contributed by atoms with E-state index in [1.165, 1.54) is 12.1 Å². The van der Waals surface area contributed by atoms with Gasteiger partial charge in [-0.2, -0.15) is 0 Å². The van der Waals surface area contributed by atoms with Crippen LogP contribution in [-0.4, -0.2) is 42.1 Å². The minimum atomic E-state index is -0.873. The van der Waals surface area contributed by atoms with Gasteiger partial charge >= 0.3 is 0 Å². The van der Waals surface area contributed by atoms with Crippen molar-refractivity contribution in [3.63, 3.8) is 0 Å². The monoisotopic (exact) mass is 522 g/mol. The Labute approximate surface area is 220 Å². The maximum absolute atomic E-state index is 14.5. The number of carbonyl (C=O) groups excluding carboxylic acids is 3. The molecule has 5 rings (SSSR count). The number of primary amides is 1. The molecule has 2 heterocycles. The highest BCUT2D eigenvalue weighted by Gasteiger charge is 2.42. The minimum Gasteiger partial charge on any atom is -0.369 e. The largest absolute Gasteiger partial charge is 0.369 e. The molecule has 1 aliphatic carbocycles. The number of rotatable bonds is 4. The lowest BCUT2D eigenvalue weighted by Crippen LogP contribution is -2.47. The molecule has 2 aliphatic heterocycles. The van der Waals surface area contributed by atoms with Crippen LogP contribution in [0.4, 0.5) is 20.2 Å². The van der Waals surface area contributed by atoms with E-state index >= 15 is 0 Å². The van der Waals surface area contributed by atoms with Gasteiger partial charge in [0.2, 0.25) is 11.8 Å². The summed E-state index contributed by atoms with van der Waals surface area (Å²) >= 11 is 0. The summed E-state index contributed by atoms with van der Waals surface area (Å²) in [6.45, 7) is 4.69. The number of likely N-dealkylation sites (tertiary alicyclic amines) is 1. The van der Waals surface area contributed by atoms with Crippen LogP contribution in [0.1, 0.15) is 51.1 Å². The van der Waals surface area contributed by atoms with Gasteiger partial charge in [-0.3, -0.25) is 14.4 Å². The second-order valence-corrected chi connectivity index (χ2v) is 11.3. The lowest BCUT2D eigenvalue weighted by molar-refractivity contribution is -0.133. The van der Waals surface area contributed by atoms with E-state index < -0.39 is 17.7 Å². The molecule has 3 aliphatic rings. The van der Waals surface area contributed by atoms with Gasteiger partial charge in [-0.1, -0.05) is 26.0 Å². The quantitative estimate of drug-likeness (QED) is 0.624. The fourth-order valence-electron chi connectivity index (χ4n) is 5.97. The van der Waals surface area contributed by atoms with Crippen LogP contribution in [0.3, 0.4) is 0 Å². The number of benzene rings is 2. The van der Waals surface area contributed by atoms with Crippen molar-refractivity contribution in [3.05, 3.63) is 70.9 Å². The zero-order chi connectivity index (χ0) is 27.2. The number of anilines is 2. The van der Waals surface area contributed by atoms with Crippen molar-refractivity contribution >= 4 is 29.0 Å². The third-order valence-electron chi connectivity index (χ3n) is 7.76. The van der Waals surface area contributed by atoms with Crippen molar-refractivity contribution < 1.29 is 23.2 Å². The van der Waals surface area contributed by atoms with Crippen LogP contribution < -0.4 is 16.0 Å². The highest BCUT2D eigenvalue weighted by molar-refractivity contribution is 6.02. The van der Waals surface area contributed by atoms with Crippen molar-refractivity contribution in [2.45, 2.75) is 45.6 Å². The number of Topliss-reactive ketones (excluding diaryl/α,β-unsaturated/α-hetero) is 1. The van der Waals surface area contributed by atoms with E-state index in [1.807, 2.05) is 38.1 Å². The molecule has 2 amide bonds. The summed E-state index contributed by atoms with van der Waals surface area (Å²) in [6.07, 6.45) is 1.82. The number of fused-ring (bicyclic) bond motifs is 1. The molecule has 0 bridgehead atoms. The first-order valence-corrected chi connectivity index (χ1v) is 12.9. The maximum Gasteiger partial charge on any atom is 0.242 e. The number of nitrogens with one attached hydrogen (secondary N) is 1. The summed E-state index contributed by atoms with van der Waals surface area (Å²) in [5.41, 5.74) is 7.91. The minimum absolute atomic E-state index is 0.115. The number of allylic oxidation sites excluding steroid dienone is 1. The van der Waals surface area contributed by atoms with E-state index in [1.54, 1.807) is 9.80 Å². The van der Waals surface area contributed by atoms with Crippen LogP contribution in [0.2, 0.25) is 0 Å². The molecule has 2 aromatic rings. The number of hydrogen-bond acceptors (Lipinski definition) is 5. The molecule has 200 valence electrons. The highest BCUT2D eigenvalue weighted by atomic mass is 19.1. The van der Waals surface area contributed by atoms with Crippen molar-refractivity contribution in [3.8, 4) is 0 Å². The van der Waals surface area contributed by atoms with Crippen LogP contribution in [-0.2, 0) is 14.4 Å². The van der Waals surface area contributed by atoms with E-state index in [4.69, 9.17) is 5.73 Å². The first kappa shape index (κ1) is 25.9. The van der Waals surface area contributed by atoms with Gasteiger partial charge in [0, 0.05) is 42.8 Å². The first-order valence-electron chi connectivity index (χ1n) is 12.9. The molecule has 0 aromatic heterocycles. The van der Waals surface area contributed by atoms with Gasteiger partial charge in [-0.25, -0.2) is 8.78 Å². The van der Waals surface area contributed by atoms with Gasteiger partial charge < -0.3 is 20.9 Å². The molecule has 38 heavy (non-hydrogen) atoms. The molecule has 1 fully saturated rings. The fraction of sp³-hybridized carbons (Fsp3) is 0.414. The number of nitrogens with two attached hydrogens (primary N) is 1. The van der Waals surface area contributed by atoms with Crippen LogP contribution in [0.15, 0.2) is 53.7 Å². The Hall–Kier alpha value is -3.75. The second kappa shape index (κ2) is 9.85. The molecule has 1 atom stereocenters. The molecular weight excluding hydrogens is 490 g/mol. The van der Waals surface area contributed by atoms with E-state index in [0.29, 0.717) is 55.0 Å². The van der Waals surface area contributed by atoms with Crippen LogP contribution >= 0.6 is 0 Å². The third kappa shape index (κ3) is 5.01. The topological polar surface area (TPSA) is 95.7 Å². The van der Waals surface area contributed by atoms with E-state index in [2.05, 4.69) is 5.32 Å². The van der Waals surface area contributed by atoms with Crippen molar-refractivity contribution in [2.24, 2.45) is 17.1 Å². The molecular formula is C29H32F2N4O3. The number of ketones is 1. The Morgan fingerprint density at radius 1 is 1.05 bits per heavy atom. The Kier molecular flexibility index (Phi) is 6.71.